The minimum absolute atomic E-state index is 0.339. The van der Waals surface area contributed by atoms with E-state index in [9.17, 15) is 5.11 Å². The maximum absolute atomic E-state index is 9.88. The van der Waals surface area contributed by atoms with E-state index in [4.69, 9.17) is 10.5 Å². The van der Waals surface area contributed by atoms with E-state index in [2.05, 4.69) is 4.90 Å². The van der Waals surface area contributed by atoms with Crippen molar-refractivity contribution in [1.82, 2.24) is 4.90 Å². The molecule has 0 saturated carbocycles. The predicted molar refractivity (Wildman–Crippen MR) is 71.7 cm³/mol. The van der Waals surface area contributed by atoms with Crippen LogP contribution < -0.4 is 10.5 Å². The van der Waals surface area contributed by atoms with Gasteiger partial charge in [-0.2, -0.15) is 0 Å². The Morgan fingerprint density at radius 1 is 1.50 bits per heavy atom. The average molecular weight is 250 g/mol. The summed E-state index contributed by atoms with van der Waals surface area (Å²) in [6, 6.07) is 5.37. The van der Waals surface area contributed by atoms with E-state index in [0.29, 0.717) is 11.7 Å². The Morgan fingerprint density at radius 2 is 2.33 bits per heavy atom. The first-order valence-electron chi connectivity index (χ1n) is 6.51. The highest BCUT2D eigenvalue weighted by atomic mass is 16.5. The number of hydrogen-bond acceptors (Lipinski definition) is 4. The number of phenols is 1. The molecule has 0 amide bonds. The molecule has 1 aliphatic heterocycles. The molecule has 0 aliphatic carbocycles. The van der Waals surface area contributed by atoms with Gasteiger partial charge in [0.25, 0.3) is 0 Å². The van der Waals surface area contributed by atoms with Crippen LogP contribution in [-0.2, 0) is 6.54 Å². The number of aromatic hydroxyl groups is 1. The number of methoxy groups -OCH3 is 1. The Balaban J connectivity index is 2.04. The van der Waals surface area contributed by atoms with Crippen molar-refractivity contribution in [3.63, 3.8) is 0 Å². The maximum Gasteiger partial charge on any atom is 0.120 e. The van der Waals surface area contributed by atoms with Gasteiger partial charge in [-0.15, -0.1) is 0 Å². The lowest BCUT2D eigenvalue weighted by Crippen LogP contribution is -2.37. The van der Waals surface area contributed by atoms with E-state index in [1.54, 1.807) is 19.2 Å². The minimum Gasteiger partial charge on any atom is -0.508 e. The van der Waals surface area contributed by atoms with Crippen LogP contribution >= 0.6 is 0 Å². The van der Waals surface area contributed by atoms with Crippen LogP contribution in [0.15, 0.2) is 18.2 Å². The number of piperidine rings is 1. The van der Waals surface area contributed by atoms with Gasteiger partial charge >= 0.3 is 0 Å². The van der Waals surface area contributed by atoms with Gasteiger partial charge in [-0.25, -0.2) is 0 Å². The zero-order valence-corrected chi connectivity index (χ0v) is 10.9. The molecule has 0 radical (unpaired) electrons. The summed E-state index contributed by atoms with van der Waals surface area (Å²) in [7, 11) is 1.64. The fraction of sp³-hybridized carbons (Fsp3) is 0.571. The molecule has 3 N–H and O–H groups in total. The standard InChI is InChI=1S/C14H22N2O2/c1-18-13-4-5-14(17)12(7-13)10-16-6-2-3-11(8-15)9-16/h4-5,7,11,17H,2-3,6,8-10,15H2,1H3. The molecule has 1 heterocycles. The third-order valence-corrected chi connectivity index (χ3v) is 3.62. The van der Waals surface area contributed by atoms with Crippen molar-refractivity contribution in [3.8, 4) is 11.5 Å². The minimum atomic E-state index is 0.339. The van der Waals surface area contributed by atoms with Crippen molar-refractivity contribution in [2.45, 2.75) is 19.4 Å². The fourth-order valence-corrected chi connectivity index (χ4v) is 2.54. The van der Waals surface area contributed by atoms with E-state index in [1.807, 2.05) is 6.07 Å². The molecule has 4 heteroatoms. The third kappa shape index (κ3) is 3.15. The number of phenolic OH excluding ortho intramolecular Hbond substituents is 1. The van der Waals surface area contributed by atoms with E-state index < -0.39 is 0 Å². The lowest BCUT2D eigenvalue weighted by atomic mass is 9.98. The Morgan fingerprint density at radius 3 is 3.06 bits per heavy atom. The Labute approximate surface area is 108 Å². The number of rotatable bonds is 4. The predicted octanol–water partition coefficient (Wildman–Crippen LogP) is 1.57. The van der Waals surface area contributed by atoms with Crippen molar-refractivity contribution in [2.75, 3.05) is 26.7 Å². The number of hydrogen-bond donors (Lipinski definition) is 2. The zero-order valence-electron chi connectivity index (χ0n) is 10.9. The van der Waals surface area contributed by atoms with Crippen LogP contribution in [0, 0.1) is 5.92 Å². The fourth-order valence-electron chi connectivity index (χ4n) is 2.54. The van der Waals surface area contributed by atoms with Crippen molar-refractivity contribution in [2.24, 2.45) is 11.7 Å². The molecular formula is C14H22N2O2. The summed E-state index contributed by atoms with van der Waals surface area (Å²) < 4.78 is 5.19. The topological polar surface area (TPSA) is 58.7 Å². The smallest absolute Gasteiger partial charge is 0.120 e. The molecule has 1 aromatic carbocycles. The number of benzene rings is 1. The normalized spacial score (nSPS) is 20.9. The average Bonchev–Trinajstić information content (AvgIpc) is 2.41. The van der Waals surface area contributed by atoms with Crippen LogP contribution in [0.4, 0.5) is 0 Å². The third-order valence-electron chi connectivity index (χ3n) is 3.62. The van der Waals surface area contributed by atoms with Gasteiger partial charge in [0.2, 0.25) is 0 Å². The first-order valence-corrected chi connectivity index (χ1v) is 6.51. The summed E-state index contributed by atoms with van der Waals surface area (Å²) >= 11 is 0. The Hall–Kier alpha value is -1.26. The van der Waals surface area contributed by atoms with Gasteiger partial charge in [-0.1, -0.05) is 0 Å². The summed E-state index contributed by atoms with van der Waals surface area (Å²) in [5, 5.41) is 9.88. The van der Waals surface area contributed by atoms with E-state index in [1.165, 1.54) is 12.8 Å². The van der Waals surface area contributed by atoms with Gasteiger partial charge in [0.05, 0.1) is 7.11 Å². The van der Waals surface area contributed by atoms with E-state index >= 15 is 0 Å². The largest absolute Gasteiger partial charge is 0.508 e. The highest BCUT2D eigenvalue weighted by molar-refractivity contribution is 5.39. The van der Waals surface area contributed by atoms with Crippen molar-refractivity contribution >= 4 is 0 Å². The van der Waals surface area contributed by atoms with Gasteiger partial charge in [0, 0.05) is 18.7 Å². The van der Waals surface area contributed by atoms with Crippen LogP contribution in [0.2, 0.25) is 0 Å². The van der Waals surface area contributed by atoms with Crippen molar-refractivity contribution < 1.29 is 9.84 Å². The number of likely N-dealkylation sites (tertiary alicyclic amines) is 1. The van der Waals surface area contributed by atoms with Crippen LogP contribution in [0.3, 0.4) is 0 Å². The van der Waals surface area contributed by atoms with Crippen molar-refractivity contribution in [1.29, 1.82) is 0 Å². The van der Waals surface area contributed by atoms with E-state index in [0.717, 1.165) is 37.5 Å². The van der Waals surface area contributed by atoms with Crippen LogP contribution in [0.25, 0.3) is 0 Å². The summed E-state index contributed by atoms with van der Waals surface area (Å²) in [6.07, 6.45) is 2.41. The van der Waals surface area contributed by atoms with Gasteiger partial charge in [0.15, 0.2) is 0 Å². The SMILES string of the molecule is COc1ccc(O)c(CN2CCCC(CN)C2)c1. The molecule has 100 valence electrons. The lowest BCUT2D eigenvalue weighted by molar-refractivity contribution is 0.169. The van der Waals surface area contributed by atoms with Gasteiger partial charge < -0.3 is 15.6 Å². The van der Waals surface area contributed by atoms with Gasteiger partial charge in [-0.05, 0) is 50.0 Å². The summed E-state index contributed by atoms with van der Waals surface area (Å²) in [6.45, 7) is 3.61. The van der Waals surface area contributed by atoms with Gasteiger partial charge in [0.1, 0.15) is 11.5 Å². The number of ether oxygens (including phenoxy) is 1. The molecule has 2 rings (SSSR count). The number of nitrogens with two attached hydrogens (primary N) is 1. The Kier molecular flexibility index (Phi) is 4.44. The molecule has 0 bridgehead atoms. The molecule has 1 saturated heterocycles. The molecule has 0 aromatic heterocycles. The second-order valence-corrected chi connectivity index (χ2v) is 4.97. The van der Waals surface area contributed by atoms with Crippen LogP contribution in [-0.4, -0.2) is 36.8 Å². The second kappa shape index (κ2) is 6.07. The van der Waals surface area contributed by atoms with Crippen molar-refractivity contribution in [3.05, 3.63) is 23.8 Å². The molecule has 1 unspecified atom stereocenters. The quantitative estimate of drug-likeness (QED) is 0.851. The molecule has 1 atom stereocenters. The molecule has 1 fully saturated rings. The molecule has 4 nitrogen and oxygen atoms in total. The second-order valence-electron chi connectivity index (χ2n) is 4.97. The van der Waals surface area contributed by atoms with E-state index in [-0.39, 0.29) is 0 Å². The van der Waals surface area contributed by atoms with Crippen LogP contribution in [0.1, 0.15) is 18.4 Å². The first-order chi connectivity index (χ1) is 8.72. The van der Waals surface area contributed by atoms with Crippen LogP contribution in [0.5, 0.6) is 11.5 Å². The lowest BCUT2D eigenvalue weighted by Gasteiger charge is -2.32. The molecule has 1 aliphatic rings. The molecule has 18 heavy (non-hydrogen) atoms. The monoisotopic (exact) mass is 250 g/mol. The molecular weight excluding hydrogens is 228 g/mol. The summed E-state index contributed by atoms with van der Waals surface area (Å²) in [5.41, 5.74) is 6.66. The molecule has 0 spiro atoms. The Bertz CT molecular complexity index is 395. The summed E-state index contributed by atoms with van der Waals surface area (Å²) in [5.74, 6) is 1.72. The zero-order chi connectivity index (χ0) is 13.0. The highest BCUT2D eigenvalue weighted by Crippen LogP contribution is 2.26. The number of nitrogens with zero attached hydrogens (tertiary/aromatic N) is 1. The van der Waals surface area contributed by atoms with Gasteiger partial charge in [-0.3, -0.25) is 4.90 Å². The highest BCUT2D eigenvalue weighted by Gasteiger charge is 2.19. The maximum atomic E-state index is 9.88. The summed E-state index contributed by atoms with van der Waals surface area (Å²) in [4.78, 5) is 2.36. The molecule has 1 aromatic rings. The first kappa shape index (κ1) is 13.2.